The lowest BCUT2D eigenvalue weighted by atomic mass is 10.3. The van der Waals surface area contributed by atoms with Crippen LogP contribution in [0.15, 0.2) is 0 Å². The lowest BCUT2D eigenvalue weighted by Crippen LogP contribution is -2.40. The molecule has 0 bridgehead atoms. The number of rotatable bonds is 16. The molecule has 202 valence electrons. The molecule has 0 atom stereocenters. The van der Waals surface area contributed by atoms with E-state index in [1.165, 1.54) is 12.8 Å². The molecule has 0 unspecified atom stereocenters. The first-order valence-electron chi connectivity index (χ1n) is 11.9. The third-order valence-corrected chi connectivity index (χ3v) is 6.66. The molecular weight excluding hydrogens is 472 g/mol. The molecule has 1 aliphatic heterocycles. The molecule has 1 aromatic rings. The first kappa shape index (κ1) is 30.8. The number of unbranched alkanes of at least 4 members (excludes halogenated alkanes) is 1. The Morgan fingerprint density at radius 3 is 2.09 bits per heavy atom. The van der Waals surface area contributed by atoms with Crippen molar-refractivity contribution in [3.8, 4) is 0 Å². The number of likely N-dealkylation sites (N-methyl/N-ethyl adjacent to an activating group) is 1. The molecule has 0 aromatic carbocycles. The van der Waals surface area contributed by atoms with Crippen LogP contribution < -0.4 is 5.32 Å². The molecular formula is C21H43F2N5O5S. The Morgan fingerprint density at radius 2 is 1.56 bits per heavy atom. The quantitative estimate of drug-likeness (QED) is 0.330. The molecule has 1 N–H and O–H groups in total. The third kappa shape index (κ3) is 13.0. The summed E-state index contributed by atoms with van der Waals surface area (Å²) >= 11 is 0. The predicted octanol–water partition coefficient (Wildman–Crippen LogP) is 1.77. The van der Waals surface area contributed by atoms with E-state index in [2.05, 4.69) is 29.5 Å². The van der Waals surface area contributed by atoms with Gasteiger partial charge in [0.05, 0.1) is 57.7 Å². The molecule has 1 saturated heterocycles. The second-order valence-electron chi connectivity index (χ2n) is 7.81. The summed E-state index contributed by atoms with van der Waals surface area (Å²) in [5.74, 6) is 0.0618. The van der Waals surface area contributed by atoms with Gasteiger partial charge in [0.2, 0.25) is 0 Å². The van der Waals surface area contributed by atoms with Crippen molar-refractivity contribution < 1.29 is 32.8 Å². The van der Waals surface area contributed by atoms with Crippen LogP contribution in [0, 0.1) is 0 Å². The van der Waals surface area contributed by atoms with Gasteiger partial charge in [0.25, 0.3) is 6.43 Å². The zero-order chi connectivity index (χ0) is 25.2. The molecule has 0 aliphatic carbocycles. The Balaban J connectivity index is 0.00000214. The van der Waals surface area contributed by atoms with Gasteiger partial charge < -0.3 is 19.5 Å². The molecule has 0 spiro atoms. The van der Waals surface area contributed by atoms with Crippen LogP contribution in [0.4, 0.5) is 8.78 Å². The lowest BCUT2D eigenvalue weighted by molar-refractivity contribution is 0.0129. The van der Waals surface area contributed by atoms with E-state index in [1.807, 2.05) is 7.05 Å². The Labute approximate surface area is 203 Å². The summed E-state index contributed by atoms with van der Waals surface area (Å²) in [6, 6.07) is 0. The van der Waals surface area contributed by atoms with Crippen molar-refractivity contribution in [3.05, 3.63) is 11.4 Å². The minimum atomic E-state index is -3.03. The number of hydrogen-bond acceptors (Lipinski definition) is 9. The lowest BCUT2D eigenvalue weighted by Gasteiger charge is -2.25. The van der Waals surface area contributed by atoms with Crippen molar-refractivity contribution >= 4 is 9.84 Å². The van der Waals surface area contributed by atoms with Gasteiger partial charge >= 0.3 is 0 Å². The van der Waals surface area contributed by atoms with E-state index in [1.54, 1.807) is 4.90 Å². The Bertz CT molecular complexity index is 742. The predicted molar refractivity (Wildman–Crippen MR) is 128 cm³/mol. The SMILES string of the molecule is CCCC.CNCCOCCOCCOCCn1nnc(CN2CCS(=O)(=O)CC2)c1C(F)F.[HH]. The van der Waals surface area contributed by atoms with Crippen LogP contribution in [0.2, 0.25) is 0 Å². The van der Waals surface area contributed by atoms with E-state index < -0.39 is 16.3 Å². The summed E-state index contributed by atoms with van der Waals surface area (Å²) in [6.07, 6.45) is -0.0882. The zero-order valence-electron chi connectivity index (χ0n) is 20.7. The van der Waals surface area contributed by atoms with Gasteiger partial charge in [-0.3, -0.25) is 4.90 Å². The molecule has 0 saturated carbocycles. The highest BCUT2D eigenvalue weighted by Gasteiger charge is 2.26. The Hall–Kier alpha value is -1.25. The van der Waals surface area contributed by atoms with Gasteiger partial charge in [-0.15, -0.1) is 5.10 Å². The highest BCUT2D eigenvalue weighted by atomic mass is 32.2. The topological polar surface area (TPSA) is 108 Å². The normalized spacial score (nSPS) is 15.9. The molecule has 0 amide bonds. The van der Waals surface area contributed by atoms with Crippen LogP contribution in [0.5, 0.6) is 0 Å². The van der Waals surface area contributed by atoms with Crippen molar-refractivity contribution in [1.29, 1.82) is 0 Å². The number of alkyl halides is 2. The molecule has 2 heterocycles. The van der Waals surface area contributed by atoms with E-state index in [4.69, 9.17) is 14.2 Å². The average Bonchev–Trinajstić information content (AvgIpc) is 3.21. The molecule has 0 radical (unpaired) electrons. The summed E-state index contributed by atoms with van der Waals surface area (Å²) in [5.41, 5.74) is -0.0760. The maximum Gasteiger partial charge on any atom is 0.281 e. The van der Waals surface area contributed by atoms with Crippen LogP contribution in [-0.4, -0.2) is 106 Å². The van der Waals surface area contributed by atoms with Crippen molar-refractivity contribution in [2.75, 3.05) is 77.8 Å². The summed E-state index contributed by atoms with van der Waals surface area (Å²) in [4.78, 5) is 1.80. The molecule has 1 aliphatic rings. The van der Waals surface area contributed by atoms with Crippen LogP contribution in [-0.2, 0) is 37.1 Å². The van der Waals surface area contributed by atoms with Gasteiger partial charge in [-0.1, -0.05) is 31.9 Å². The maximum atomic E-state index is 13.5. The van der Waals surface area contributed by atoms with E-state index in [9.17, 15) is 17.2 Å². The van der Waals surface area contributed by atoms with E-state index >= 15 is 0 Å². The standard InChI is InChI=1S/C17H31F2N5O5S.C4H10.H2/c1-20-2-6-27-8-10-29-11-9-28-7-3-24-16(17(18)19)15(21-22-24)14-23-4-12-30(25,26)13-5-23;1-3-4-2;/h17,20H,2-14H2,1H3;3-4H2,1-2H3;1H. The zero-order valence-corrected chi connectivity index (χ0v) is 21.5. The Morgan fingerprint density at radius 1 is 1.00 bits per heavy atom. The summed E-state index contributed by atoms with van der Waals surface area (Å²) in [6.45, 7) is 8.58. The molecule has 34 heavy (non-hydrogen) atoms. The highest BCUT2D eigenvalue weighted by molar-refractivity contribution is 7.91. The summed E-state index contributed by atoms with van der Waals surface area (Å²) < 4.78 is 67.3. The molecule has 2 rings (SSSR count). The fourth-order valence-electron chi connectivity index (χ4n) is 2.86. The molecule has 1 aromatic heterocycles. The van der Waals surface area contributed by atoms with Crippen LogP contribution in [0.3, 0.4) is 0 Å². The average molecular weight is 516 g/mol. The van der Waals surface area contributed by atoms with Crippen LogP contribution in [0.1, 0.15) is 45.9 Å². The van der Waals surface area contributed by atoms with Crippen LogP contribution in [0.25, 0.3) is 0 Å². The minimum absolute atomic E-state index is 0. The number of sulfone groups is 1. The van der Waals surface area contributed by atoms with Gasteiger partial charge in [-0.25, -0.2) is 21.9 Å². The first-order valence-corrected chi connectivity index (χ1v) is 13.7. The van der Waals surface area contributed by atoms with Crippen molar-refractivity contribution in [2.24, 2.45) is 0 Å². The number of hydrogen-bond donors (Lipinski definition) is 1. The molecule has 1 fully saturated rings. The van der Waals surface area contributed by atoms with E-state index in [0.29, 0.717) is 46.1 Å². The van der Waals surface area contributed by atoms with Gasteiger partial charge in [-0.2, -0.15) is 0 Å². The van der Waals surface area contributed by atoms with Gasteiger partial charge in [0.1, 0.15) is 11.4 Å². The van der Waals surface area contributed by atoms with Crippen molar-refractivity contribution in [1.82, 2.24) is 25.2 Å². The summed E-state index contributed by atoms with van der Waals surface area (Å²) in [5, 5.41) is 10.7. The van der Waals surface area contributed by atoms with E-state index in [-0.39, 0.29) is 44.0 Å². The molecule has 10 nitrogen and oxygen atoms in total. The number of halogens is 2. The Kier molecular flexibility index (Phi) is 16.4. The van der Waals surface area contributed by atoms with Gasteiger partial charge in [-0.05, 0) is 7.05 Å². The second kappa shape index (κ2) is 18.1. The third-order valence-electron chi connectivity index (χ3n) is 5.05. The summed E-state index contributed by atoms with van der Waals surface area (Å²) in [7, 11) is -1.17. The largest absolute Gasteiger partial charge is 0.378 e. The fourth-order valence-corrected chi connectivity index (χ4v) is 4.14. The van der Waals surface area contributed by atoms with Crippen LogP contribution >= 0.6 is 0 Å². The fraction of sp³-hybridized carbons (Fsp3) is 0.905. The van der Waals surface area contributed by atoms with Gasteiger partial charge in [0, 0.05) is 27.6 Å². The first-order chi connectivity index (χ1) is 16.3. The van der Waals surface area contributed by atoms with Crippen molar-refractivity contribution in [2.45, 2.75) is 46.2 Å². The second-order valence-corrected chi connectivity index (χ2v) is 10.1. The number of aromatic nitrogens is 3. The smallest absolute Gasteiger partial charge is 0.281 e. The number of nitrogens with one attached hydrogen (secondary N) is 1. The van der Waals surface area contributed by atoms with E-state index in [0.717, 1.165) is 11.2 Å². The highest BCUT2D eigenvalue weighted by Crippen LogP contribution is 2.23. The van der Waals surface area contributed by atoms with Gasteiger partial charge in [0.15, 0.2) is 9.84 Å². The number of ether oxygens (including phenoxy) is 3. The molecule has 13 heteroatoms. The monoisotopic (exact) mass is 515 g/mol. The number of nitrogens with zero attached hydrogens (tertiary/aromatic N) is 4. The van der Waals surface area contributed by atoms with Crippen molar-refractivity contribution in [3.63, 3.8) is 0 Å². The minimum Gasteiger partial charge on any atom is -0.378 e. The maximum absolute atomic E-state index is 13.5.